The molecule has 100 valence electrons. The van der Waals surface area contributed by atoms with Gasteiger partial charge >= 0.3 is 0 Å². The van der Waals surface area contributed by atoms with Crippen molar-refractivity contribution in [2.45, 2.75) is 38.1 Å². The van der Waals surface area contributed by atoms with Gasteiger partial charge in [-0.15, -0.1) is 0 Å². The summed E-state index contributed by atoms with van der Waals surface area (Å²) in [5, 5.41) is 11.8. The Labute approximate surface area is 103 Å². The summed E-state index contributed by atoms with van der Waals surface area (Å²) in [6.45, 7) is 1.47. The normalized spacial score (nSPS) is 18.8. The van der Waals surface area contributed by atoms with Crippen molar-refractivity contribution in [2.24, 2.45) is 11.1 Å². The molecule has 0 saturated heterocycles. The molecule has 0 spiro atoms. The number of rotatable bonds is 9. The summed E-state index contributed by atoms with van der Waals surface area (Å²) in [6.07, 6.45) is 4.39. The first-order valence-electron chi connectivity index (χ1n) is 6.27. The highest BCUT2D eigenvalue weighted by Gasteiger charge is 2.42. The summed E-state index contributed by atoms with van der Waals surface area (Å²) < 4.78 is 4.91. The summed E-state index contributed by atoms with van der Waals surface area (Å²) in [5.74, 6) is -0.0923. The Bertz CT molecular complexity index is 242. The molecule has 1 rings (SSSR count). The number of carbonyl (C=O) groups excluding carboxylic acids is 1. The van der Waals surface area contributed by atoms with Gasteiger partial charge in [-0.05, 0) is 37.5 Å². The zero-order chi connectivity index (χ0) is 12.7. The van der Waals surface area contributed by atoms with Crippen molar-refractivity contribution >= 4 is 5.91 Å². The van der Waals surface area contributed by atoms with Crippen LogP contribution in [0.5, 0.6) is 0 Å². The van der Waals surface area contributed by atoms with Crippen molar-refractivity contribution in [1.82, 2.24) is 5.32 Å². The van der Waals surface area contributed by atoms with Crippen LogP contribution in [0.1, 0.15) is 32.1 Å². The number of ether oxygens (including phenoxy) is 1. The van der Waals surface area contributed by atoms with Gasteiger partial charge in [-0.2, -0.15) is 0 Å². The maximum Gasteiger partial charge on any atom is 0.236 e. The van der Waals surface area contributed by atoms with E-state index in [1.807, 2.05) is 0 Å². The van der Waals surface area contributed by atoms with E-state index in [9.17, 15) is 4.79 Å². The van der Waals surface area contributed by atoms with E-state index in [0.29, 0.717) is 19.6 Å². The zero-order valence-electron chi connectivity index (χ0n) is 10.6. The number of nitrogens with two attached hydrogens (primary N) is 1. The topological polar surface area (TPSA) is 84.6 Å². The first-order valence-corrected chi connectivity index (χ1v) is 6.27. The van der Waals surface area contributed by atoms with Crippen LogP contribution >= 0.6 is 0 Å². The molecule has 1 amide bonds. The molecule has 1 unspecified atom stereocenters. The molecular formula is C12H24N2O3. The summed E-state index contributed by atoms with van der Waals surface area (Å²) in [4.78, 5) is 11.7. The molecular weight excluding hydrogens is 220 g/mol. The van der Waals surface area contributed by atoms with Crippen molar-refractivity contribution in [3.8, 4) is 0 Å². The lowest BCUT2D eigenvalue weighted by atomic mass is 10.0. The van der Waals surface area contributed by atoms with Gasteiger partial charge in [0.25, 0.3) is 0 Å². The van der Waals surface area contributed by atoms with Crippen LogP contribution in [0.25, 0.3) is 0 Å². The van der Waals surface area contributed by atoms with Crippen LogP contribution in [0, 0.1) is 5.41 Å². The largest absolute Gasteiger partial charge is 0.396 e. The van der Waals surface area contributed by atoms with Crippen LogP contribution < -0.4 is 11.1 Å². The maximum absolute atomic E-state index is 11.7. The van der Waals surface area contributed by atoms with Crippen LogP contribution in [0.4, 0.5) is 0 Å². The van der Waals surface area contributed by atoms with E-state index in [1.54, 1.807) is 7.11 Å². The van der Waals surface area contributed by atoms with Gasteiger partial charge in [0.2, 0.25) is 5.91 Å². The third kappa shape index (κ3) is 5.02. The molecule has 5 heteroatoms. The van der Waals surface area contributed by atoms with Crippen LogP contribution in [-0.2, 0) is 9.53 Å². The molecule has 0 aromatic heterocycles. The third-order valence-electron chi connectivity index (χ3n) is 3.44. The number of nitrogens with one attached hydrogen (secondary N) is 1. The summed E-state index contributed by atoms with van der Waals surface area (Å²) in [7, 11) is 1.64. The molecule has 5 nitrogen and oxygen atoms in total. The van der Waals surface area contributed by atoms with Gasteiger partial charge in [0.1, 0.15) is 0 Å². The van der Waals surface area contributed by atoms with Gasteiger partial charge < -0.3 is 20.9 Å². The number of amides is 1. The summed E-state index contributed by atoms with van der Waals surface area (Å²) in [6, 6.07) is -0.449. The first kappa shape index (κ1) is 14.4. The van der Waals surface area contributed by atoms with Crippen LogP contribution in [0.3, 0.4) is 0 Å². The molecule has 1 saturated carbocycles. The minimum absolute atomic E-state index is 0.0923. The van der Waals surface area contributed by atoms with E-state index < -0.39 is 6.04 Å². The van der Waals surface area contributed by atoms with Gasteiger partial charge in [-0.25, -0.2) is 0 Å². The first-order chi connectivity index (χ1) is 8.13. The zero-order valence-corrected chi connectivity index (χ0v) is 10.6. The number of aliphatic hydroxyl groups is 1. The minimum atomic E-state index is -0.449. The van der Waals surface area contributed by atoms with E-state index >= 15 is 0 Å². The molecule has 17 heavy (non-hydrogen) atoms. The molecule has 0 radical (unpaired) electrons. The van der Waals surface area contributed by atoms with Gasteiger partial charge in [0, 0.05) is 26.9 Å². The Hall–Kier alpha value is -0.650. The second-order valence-electron chi connectivity index (χ2n) is 4.93. The number of hydrogen-bond acceptors (Lipinski definition) is 4. The van der Waals surface area contributed by atoms with Crippen molar-refractivity contribution in [2.75, 3.05) is 26.9 Å². The van der Waals surface area contributed by atoms with Crippen molar-refractivity contribution in [3.63, 3.8) is 0 Å². The lowest BCUT2D eigenvalue weighted by molar-refractivity contribution is -0.122. The molecule has 1 aliphatic carbocycles. The minimum Gasteiger partial charge on any atom is -0.396 e. The van der Waals surface area contributed by atoms with Crippen LogP contribution in [-0.4, -0.2) is 43.9 Å². The summed E-state index contributed by atoms with van der Waals surface area (Å²) >= 11 is 0. The lowest BCUT2D eigenvalue weighted by Crippen LogP contribution is -2.43. The van der Waals surface area contributed by atoms with E-state index in [-0.39, 0.29) is 17.9 Å². The lowest BCUT2D eigenvalue weighted by Gasteiger charge is -2.17. The Morgan fingerprint density at radius 3 is 2.82 bits per heavy atom. The highest BCUT2D eigenvalue weighted by molar-refractivity contribution is 5.81. The van der Waals surface area contributed by atoms with Gasteiger partial charge in [0.05, 0.1) is 6.04 Å². The van der Waals surface area contributed by atoms with Crippen LogP contribution in [0.15, 0.2) is 0 Å². The SMILES string of the molecule is COCCCC(N)C(=O)NCC1(CCO)CC1. The Morgan fingerprint density at radius 1 is 1.59 bits per heavy atom. The van der Waals surface area contributed by atoms with Gasteiger partial charge in [0.15, 0.2) is 0 Å². The number of aliphatic hydroxyl groups excluding tert-OH is 1. The Balaban J connectivity index is 2.15. The molecule has 0 aromatic carbocycles. The summed E-state index contributed by atoms with van der Waals surface area (Å²) in [5.41, 5.74) is 5.91. The Morgan fingerprint density at radius 2 is 2.29 bits per heavy atom. The average Bonchev–Trinajstić information content (AvgIpc) is 3.07. The Kier molecular flexibility index (Phi) is 5.88. The standard InChI is InChI=1S/C12H24N2O3/c1-17-8-2-3-10(13)11(16)14-9-12(4-5-12)6-7-15/h10,15H,2-9,13H2,1H3,(H,14,16). The van der Waals surface area contributed by atoms with Crippen molar-refractivity contribution in [1.29, 1.82) is 0 Å². The van der Waals surface area contributed by atoms with E-state index in [4.69, 9.17) is 15.6 Å². The molecule has 0 aliphatic heterocycles. The maximum atomic E-state index is 11.7. The van der Waals surface area contributed by atoms with E-state index in [2.05, 4.69) is 5.32 Å². The van der Waals surface area contributed by atoms with E-state index in [1.165, 1.54) is 0 Å². The fourth-order valence-corrected chi connectivity index (χ4v) is 1.91. The number of carbonyl (C=O) groups is 1. The average molecular weight is 244 g/mol. The monoisotopic (exact) mass is 244 g/mol. The number of hydrogen-bond donors (Lipinski definition) is 3. The van der Waals surface area contributed by atoms with Crippen molar-refractivity contribution in [3.05, 3.63) is 0 Å². The highest BCUT2D eigenvalue weighted by Crippen LogP contribution is 2.47. The van der Waals surface area contributed by atoms with Crippen LogP contribution in [0.2, 0.25) is 0 Å². The quantitative estimate of drug-likeness (QED) is 0.499. The van der Waals surface area contributed by atoms with Gasteiger partial charge in [-0.3, -0.25) is 4.79 Å². The highest BCUT2D eigenvalue weighted by atomic mass is 16.5. The molecule has 0 aromatic rings. The number of methoxy groups -OCH3 is 1. The fraction of sp³-hybridized carbons (Fsp3) is 0.917. The smallest absolute Gasteiger partial charge is 0.236 e. The molecule has 1 fully saturated rings. The molecule has 1 atom stereocenters. The molecule has 4 N–H and O–H groups in total. The second kappa shape index (κ2) is 6.93. The van der Waals surface area contributed by atoms with E-state index in [0.717, 1.165) is 25.7 Å². The fourth-order valence-electron chi connectivity index (χ4n) is 1.91. The molecule has 1 aliphatic rings. The predicted octanol–water partition coefficient (Wildman–Crippen LogP) is 0.0191. The van der Waals surface area contributed by atoms with Gasteiger partial charge in [-0.1, -0.05) is 0 Å². The molecule has 0 bridgehead atoms. The third-order valence-corrected chi connectivity index (χ3v) is 3.44. The second-order valence-corrected chi connectivity index (χ2v) is 4.93. The predicted molar refractivity (Wildman–Crippen MR) is 65.5 cm³/mol. The van der Waals surface area contributed by atoms with Crippen molar-refractivity contribution < 1.29 is 14.6 Å². The molecule has 0 heterocycles.